The number of hydrogen-bond acceptors (Lipinski definition) is 3. The van der Waals surface area contributed by atoms with Crippen LogP contribution in [0.5, 0.6) is 0 Å². The molecule has 0 aliphatic carbocycles. The lowest BCUT2D eigenvalue weighted by atomic mass is 10.3. The maximum atomic E-state index is 5.79. The van der Waals surface area contributed by atoms with Gasteiger partial charge in [0, 0.05) is 13.1 Å². The first kappa shape index (κ1) is 10.6. The fourth-order valence-electron chi connectivity index (χ4n) is 2.68. The lowest BCUT2D eigenvalue weighted by molar-refractivity contribution is 0.855. The van der Waals surface area contributed by atoms with E-state index in [2.05, 4.69) is 32.5 Å². The molecule has 90 valence electrons. The Balaban J connectivity index is 2.22. The first-order valence-electron chi connectivity index (χ1n) is 6.23. The van der Waals surface area contributed by atoms with Gasteiger partial charge in [0.05, 0.1) is 17.8 Å². The molecule has 17 heavy (non-hydrogen) atoms. The van der Waals surface area contributed by atoms with E-state index in [9.17, 15) is 0 Å². The van der Waals surface area contributed by atoms with E-state index in [0.717, 1.165) is 24.6 Å². The van der Waals surface area contributed by atoms with Crippen molar-refractivity contribution in [1.29, 1.82) is 0 Å². The molecule has 2 N–H and O–H groups in total. The van der Waals surface area contributed by atoms with Crippen LogP contribution in [-0.4, -0.2) is 22.5 Å². The molecule has 3 heterocycles. The van der Waals surface area contributed by atoms with Crippen LogP contribution in [0.2, 0.25) is 0 Å². The van der Waals surface area contributed by atoms with Crippen molar-refractivity contribution in [1.82, 2.24) is 9.38 Å². The van der Waals surface area contributed by atoms with Crippen LogP contribution in [0, 0.1) is 6.92 Å². The van der Waals surface area contributed by atoms with Crippen LogP contribution in [-0.2, 0) is 6.54 Å². The van der Waals surface area contributed by atoms with Gasteiger partial charge in [-0.05, 0) is 31.9 Å². The summed E-state index contributed by atoms with van der Waals surface area (Å²) in [6.07, 6.45) is 2.56. The van der Waals surface area contributed by atoms with Crippen LogP contribution >= 0.6 is 0 Å². The topological polar surface area (TPSA) is 46.6 Å². The standard InChI is InChI=1S/C13H18N4/c1-10-11-5-4-6-13(16-7-2-3-8-16)17(11)12(9-14)15-10/h4-6H,2-3,7-9,14H2,1H3. The SMILES string of the molecule is Cc1nc(CN)n2c(N3CCCC3)cccc12. The number of nitrogens with two attached hydrogens (primary N) is 1. The van der Waals surface area contributed by atoms with Crippen molar-refractivity contribution in [3.05, 3.63) is 29.7 Å². The van der Waals surface area contributed by atoms with Crippen molar-refractivity contribution in [2.45, 2.75) is 26.3 Å². The van der Waals surface area contributed by atoms with Crippen LogP contribution in [0.3, 0.4) is 0 Å². The van der Waals surface area contributed by atoms with Crippen molar-refractivity contribution in [3.8, 4) is 0 Å². The molecule has 0 spiro atoms. The van der Waals surface area contributed by atoms with Crippen molar-refractivity contribution in [3.63, 3.8) is 0 Å². The normalized spacial score (nSPS) is 16.0. The molecule has 1 aliphatic rings. The predicted octanol–water partition coefficient (Wildman–Crippen LogP) is 1.70. The van der Waals surface area contributed by atoms with E-state index in [1.165, 1.54) is 24.2 Å². The molecule has 1 aliphatic heterocycles. The highest BCUT2D eigenvalue weighted by Gasteiger charge is 2.17. The van der Waals surface area contributed by atoms with Crippen LogP contribution < -0.4 is 10.6 Å². The number of imidazole rings is 1. The Morgan fingerprint density at radius 2 is 2.06 bits per heavy atom. The Morgan fingerprint density at radius 1 is 1.29 bits per heavy atom. The average Bonchev–Trinajstić information content (AvgIpc) is 2.97. The fraction of sp³-hybridized carbons (Fsp3) is 0.462. The third-order valence-electron chi connectivity index (χ3n) is 3.51. The molecule has 0 aromatic carbocycles. The summed E-state index contributed by atoms with van der Waals surface area (Å²) in [6, 6.07) is 6.39. The molecule has 2 aromatic rings. The van der Waals surface area contributed by atoms with Gasteiger partial charge in [-0.3, -0.25) is 4.40 Å². The third-order valence-corrected chi connectivity index (χ3v) is 3.51. The van der Waals surface area contributed by atoms with Gasteiger partial charge in [-0.15, -0.1) is 0 Å². The van der Waals surface area contributed by atoms with E-state index in [1.807, 2.05) is 6.92 Å². The van der Waals surface area contributed by atoms with E-state index in [1.54, 1.807) is 0 Å². The third kappa shape index (κ3) is 1.60. The van der Waals surface area contributed by atoms with Crippen LogP contribution in [0.25, 0.3) is 5.52 Å². The molecule has 1 fully saturated rings. The van der Waals surface area contributed by atoms with Gasteiger partial charge in [-0.1, -0.05) is 6.07 Å². The van der Waals surface area contributed by atoms with Crippen molar-refractivity contribution in [2.24, 2.45) is 5.73 Å². The molecular formula is C13H18N4. The van der Waals surface area contributed by atoms with Gasteiger partial charge in [-0.25, -0.2) is 4.98 Å². The lowest BCUT2D eigenvalue weighted by Gasteiger charge is -2.20. The second-order valence-corrected chi connectivity index (χ2v) is 4.62. The summed E-state index contributed by atoms with van der Waals surface area (Å²) in [4.78, 5) is 6.98. The summed E-state index contributed by atoms with van der Waals surface area (Å²) in [5, 5.41) is 0. The van der Waals surface area contributed by atoms with Gasteiger partial charge in [0.2, 0.25) is 0 Å². The summed E-state index contributed by atoms with van der Waals surface area (Å²) in [7, 11) is 0. The molecular weight excluding hydrogens is 212 g/mol. The molecule has 0 radical (unpaired) electrons. The summed E-state index contributed by atoms with van der Waals surface area (Å²) in [6.45, 7) is 4.81. The molecule has 0 bridgehead atoms. The number of fused-ring (bicyclic) bond motifs is 1. The largest absolute Gasteiger partial charge is 0.358 e. The van der Waals surface area contributed by atoms with E-state index in [0.29, 0.717) is 6.54 Å². The highest BCUT2D eigenvalue weighted by Crippen LogP contribution is 2.24. The Hall–Kier alpha value is -1.55. The molecule has 1 saturated heterocycles. The summed E-state index contributed by atoms with van der Waals surface area (Å²) in [5.41, 5.74) is 8.03. The van der Waals surface area contributed by atoms with Crippen molar-refractivity contribution in [2.75, 3.05) is 18.0 Å². The van der Waals surface area contributed by atoms with Gasteiger partial charge in [0.15, 0.2) is 0 Å². The van der Waals surface area contributed by atoms with Gasteiger partial charge >= 0.3 is 0 Å². The molecule has 3 rings (SSSR count). The predicted molar refractivity (Wildman–Crippen MR) is 69.3 cm³/mol. The first-order valence-corrected chi connectivity index (χ1v) is 6.23. The second kappa shape index (κ2) is 4.04. The average molecular weight is 230 g/mol. The number of pyridine rings is 1. The van der Waals surface area contributed by atoms with Gasteiger partial charge in [0.25, 0.3) is 0 Å². The molecule has 0 unspecified atom stereocenters. The zero-order valence-corrected chi connectivity index (χ0v) is 10.2. The summed E-state index contributed by atoms with van der Waals surface area (Å²) < 4.78 is 2.21. The number of nitrogens with zero attached hydrogens (tertiary/aromatic N) is 3. The number of anilines is 1. The van der Waals surface area contributed by atoms with E-state index >= 15 is 0 Å². The zero-order chi connectivity index (χ0) is 11.8. The van der Waals surface area contributed by atoms with Crippen molar-refractivity contribution < 1.29 is 0 Å². The second-order valence-electron chi connectivity index (χ2n) is 4.62. The minimum atomic E-state index is 0.486. The monoisotopic (exact) mass is 230 g/mol. The zero-order valence-electron chi connectivity index (χ0n) is 10.2. The van der Waals surface area contributed by atoms with Gasteiger partial charge in [-0.2, -0.15) is 0 Å². The van der Waals surface area contributed by atoms with E-state index in [-0.39, 0.29) is 0 Å². The lowest BCUT2D eigenvalue weighted by Crippen LogP contribution is -2.21. The molecule has 4 nitrogen and oxygen atoms in total. The van der Waals surface area contributed by atoms with E-state index < -0.39 is 0 Å². The molecule has 0 atom stereocenters. The smallest absolute Gasteiger partial charge is 0.128 e. The summed E-state index contributed by atoms with van der Waals surface area (Å²) in [5.74, 6) is 2.20. The molecule has 2 aromatic heterocycles. The van der Waals surface area contributed by atoms with Gasteiger partial charge < -0.3 is 10.6 Å². The fourth-order valence-corrected chi connectivity index (χ4v) is 2.68. The number of rotatable bonds is 2. The van der Waals surface area contributed by atoms with Crippen LogP contribution in [0.1, 0.15) is 24.4 Å². The minimum Gasteiger partial charge on any atom is -0.358 e. The molecule has 0 saturated carbocycles. The number of aryl methyl sites for hydroxylation is 1. The van der Waals surface area contributed by atoms with Crippen molar-refractivity contribution >= 4 is 11.3 Å². The minimum absolute atomic E-state index is 0.486. The Bertz CT molecular complexity index is 538. The first-order chi connectivity index (χ1) is 8.31. The Kier molecular flexibility index (Phi) is 2.52. The molecule has 4 heteroatoms. The van der Waals surface area contributed by atoms with E-state index in [4.69, 9.17) is 5.73 Å². The maximum absolute atomic E-state index is 5.79. The highest BCUT2D eigenvalue weighted by atomic mass is 15.2. The Labute approximate surface area is 101 Å². The summed E-state index contributed by atoms with van der Waals surface area (Å²) >= 11 is 0. The quantitative estimate of drug-likeness (QED) is 0.854. The maximum Gasteiger partial charge on any atom is 0.128 e. The number of aromatic nitrogens is 2. The number of hydrogen-bond donors (Lipinski definition) is 1. The Morgan fingerprint density at radius 3 is 2.76 bits per heavy atom. The van der Waals surface area contributed by atoms with Gasteiger partial charge in [0.1, 0.15) is 11.6 Å². The van der Waals surface area contributed by atoms with Crippen LogP contribution in [0.4, 0.5) is 5.82 Å². The molecule has 0 amide bonds. The highest BCUT2D eigenvalue weighted by molar-refractivity contribution is 5.60. The van der Waals surface area contributed by atoms with Crippen LogP contribution in [0.15, 0.2) is 18.2 Å².